The Balaban J connectivity index is 1.68. The first kappa shape index (κ1) is 36.0. The second kappa shape index (κ2) is 14.9. The third kappa shape index (κ3) is 8.94. The van der Waals surface area contributed by atoms with Crippen molar-refractivity contribution in [2.75, 3.05) is 24.6 Å². The number of carboxylic acid groups (broad SMARTS) is 1. The van der Waals surface area contributed by atoms with Gasteiger partial charge in [-0.25, -0.2) is 18.6 Å². The van der Waals surface area contributed by atoms with Crippen molar-refractivity contribution in [1.82, 2.24) is 14.6 Å². The Hall–Kier alpha value is -3.87. The fraction of sp³-hybridized carbons (Fsp3) is 0.514. The van der Waals surface area contributed by atoms with Gasteiger partial charge in [-0.2, -0.15) is 9.61 Å². The van der Waals surface area contributed by atoms with Crippen LogP contribution < -0.4 is 9.64 Å². The Labute approximate surface area is 275 Å². The highest BCUT2D eigenvalue weighted by Gasteiger charge is 2.37. The third-order valence-corrected chi connectivity index (χ3v) is 7.93. The molecule has 2 aromatic heterocycles. The van der Waals surface area contributed by atoms with E-state index in [1.807, 2.05) is 0 Å². The molecule has 2 atom stereocenters. The van der Waals surface area contributed by atoms with Crippen molar-refractivity contribution < 1.29 is 37.6 Å². The SMILES string of the molecule is C=CCOC1(C)CCN(c2c([C@H](OC(C)(C)C)C(=O)O)c(C)nc3cc(COCc4c(F)cc(F)cc4O[C@@H](C)CC=C)nn23)CC1. The average molecular weight is 657 g/mol. The minimum atomic E-state index is -1.31. The van der Waals surface area contributed by atoms with Gasteiger partial charge in [0, 0.05) is 43.4 Å². The highest BCUT2D eigenvalue weighted by atomic mass is 19.1. The summed E-state index contributed by atoms with van der Waals surface area (Å²) in [7, 11) is 0. The molecule has 47 heavy (non-hydrogen) atoms. The van der Waals surface area contributed by atoms with Crippen LogP contribution in [-0.4, -0.2) is 62.7 Å². The summed E-state index contributed by atoms with van der Waals surface area (Å²) in [6.45, 7) is 19.8. The van der Waals surface area contributed by atoms with E-state index in [2.05, 4.69) is 25.0 Å². The lowest BCUT2D eigenvalue weighted by Crippen LogP contribution is -2.45. The van der Waals surface area contributed by atoms with Crippen LogP contribution in [0, 0.1) is 18.6 Å². The number of carbonyl (C=O) groups is 1. The number of fused-ring (bicyclic) bond motifs is 1. The molecule has 0 bridgehead atoms. The number of rotatable bonds is 15. The fourth-order valence-electron chi connectivity index (χ4n) is 5.61. The van der Waals surface area contributed by atoms with E-state index in [1.165, 1.54) is 0 Å². The summed E-state index contributed by atoms with van der Waals surface area (Å²) in [6.07, 6.45) is 3.63. The fourth-order valence-corrected chi connectivity index (χ4v) is 5.61. The molecule has 1 saturated heterocycles. The van der Waals surface area contributed by atoms with Gasteiger partial charge in [0.15, 0.2) is 11.8 Å². The molecule has 256 valence electrons. The number of halogens is 2. The topological polar surface area (TPSA) is 108 Å². The van der Waals surface area contributed by atoms with E-state index in [0.717, 1.165) is 12.1 Å². The second-order valence-electron chi connectivity index (χ2n) is 13.1. The predicted molar refractivity (Wildman–Crippen MR) is 175 cm³/mol. The van der Waals surface area contributed by atoms with Gasteiger partial charge >= 0.3 is 5.97 Å². The summed E-state index contributed by atoms with van der Waals surface area (Å²) >= 11 is 0. The number of anilines is 1. The van der Waals surface area contributed by atoms with Gasteiger partial charge in [-0.05, 0) is 54.4 Å². The molecule has 4 rings (SSSR count). The maximum Gasteiger partial charge on any atom is 0.337 e. The summed E-state index contributed by atoms with van der Waals surface area (Å²) in [5, 5.41) is 15.1. The molecule has 12 heteroatoms. The molecular weight excluding hydrogens is 610 g/mol. The molecule has 1 aromatic carbocycles. The van der Waals surface area contributed by atoms with Crippen molar-refractivity contribution in [3.05, 3.63) is 77.7 Å². The van der Waals surface area contributed by atoms with Crippen LogP contribution in [0.1, 0.15) is 82.5 Å². The molecule has 0 spiro atoms. The Morgan fingerprint density at radius 3 is 2.47 bits per heavy atom. The van der Waals surface area contributed by atoms with E-state index in [4.69, 9.17) is 29.0 Å². The molecule has 3 heterocycles. The molecule has 3 aromatic rings. The van der Waals surface area contributed by atoms with Gasteiger partial charge in [-0.1, -0.05) is 12.2 Å². The zero-order chi connectivity index (χ0) is 34.5. The molecule has 1 aliphatic heterocycles. The van der Waals surface area contributed by atoms with Gasteiger partial charge in [0.25, 0.3) is 0 Å². The van der Waals surface area contributed by atoms with E-state index in [-0.39, 0.29) is 36.2 Å². The van der Waals surface area contributed by atoms with Crippen LogP contribution in [0.4, 0.5) is 14.6 Å². The molecule has 1 aliphatic rings. The zero-order valence-electron chi connectivity index (χ0n) is 28.1. The van der Waals surface area contributed by atoms with E-state index in [1.54, 1.807) is 57.4 Å². The molecule has 1 N–H and O–H groups in total. The number of aromatic nitrogens is 3. The number of ether oxygens (including phenoxy) is 4. The number of carboxylic acids is 1. The second-order valence-corrected chi connectivity index (χ2v) is 13.1. The van der Waals surface area contributed by atoms with Crippen molar-refractivity contribution in [2.24, 2.45) is 0 Å². The highest BCUT2D eigenvalue weighted by molar-refractivity contribution is 5.78. The first-order chi connectivity index (χ1) is 22.1. The summed E-state index contributed by atoms with van der Waals surface area (Å²) < 4.78 is 54.3. The normalized spacial score (nSPS) is 16.2. The van der Waals surface area contributed by atoms with Crippen molar-refractivity contribution in [3.8, 4) is 5.75 Å². The minimum Gasteiger partial charge on any atom is -0.490 e. The number of piperidine rings is 1. The van der Waals surface area contributed by atoms with Crippen molar-refractivity contribution >= 4 is 17.4 Å². The molecule has 0 amide bonds. The monoisotopic (exact) mass is 656 g/mol. The molecule has 0 unspecified atom stereocenters. The van der Waals surface area contributed by atoms with Crippen LogP contribution in [0.2, 0.25) is 0 Å². The smallest absolute Gasteiger partial charge is 0.337 e. The first-order valence-electron chi connectivity index (χ1n) is 15.8. The van der Waals surface area contributed by atoms with Gasteiger partial charge in [0.1, 0.15) is 23.2 Å². The molecule has 0 radical (unpaired) electrons. The quantitative estimate of drug-likeness (QED) is 0.175. The maximum atomic E-state index is 14.8. The Kier molecular flexibility index (Phi) is 11.4. The maximum absolute atomic E-state index is 14.8. The van der Waals surface area contributed by atoms with Crippen molar-refractivity contribution in [1.29, 1.82) is 0 Å². The van der Waals surface area contributed by atoms with Crippen molar-refractivity contribution in [3.63, 3.8) is 0 Å². The Bertz CT molecular complexity index is 1590. The van der Waals surface area contributed by atoms with Gasteiger partial charge < -0.3 is 29.0 Å². The number of benzene rings is 1. The van der Waals surface area contributed by atoms with E-state index in [0.29, 0.717) is 67.4 Å². The molecular formula is C35H46F2N4O6. The van der Waals surface area contributed by atoms with E-state index < -0.39 is 29.3 Å². The Morgan fingerprint density at radius 1 is 1.15 bits per heavy atom. The van der Waals surface area contributed by atoms with Gasteiger partial charge in [-0.15, -0.1) is 13.2 Å². The molecule has 1 fully saturated rings. The zero-order valence-corrected chi connectivity index (χ0v) is 28.1. The van der Waals surface area contributed by atoms with Crippen LogP contribution in [-0.2, 0) is 32.2 Å². The van der Waals surface area contributed by atoms with Crippen LogP contribution in [0.5, 0.6) is 5.75 Å². The van der Waals surface area contributed by atoms with Gasteiger partial charge in [0.2, 0.25) is 0 Å². The number of nitrogens with zero attached hydrogens (tertiary/aromatic N) is 4. The van der Waals surface area contributed by atoms with E-state index >= 15 is 0 Å². The third-order valence-electron chi connectivity index (χ3n) is 7.93. The van der Waals surface area contributed by atoms with Crippen LogP contribution in [0.15, 0.2) is 43.5 Å². The highest BCUT2D eigenvalue weighted by Crippen LogP contribution is 2.38. The van der Waals surface area contributed by atoms with Gasteiger partial charge in [0.05, 0.1) is 53.9 Å². The first-order valence-corrected chi connectivity index (χ1v) is 15.8. The number of hydrogen-bond donors (Lipinski definition) is 1. The molecule has 0 aliphatic carbocycles. The lowest BCUT2D eigenvalue weighted by atomic mass is 9.92. The van der Waals surface area contributed by atoms with Gasteiger partial charge in [-0.3, -0.25) is 0 Å². The summed E-state index contributed by atoms with van der Waals surface area (Å²) in [5.74, 6) is -2.05. The standard InChI is InChI=1S/C35H46F2N4O6/c1-9-11-22(3)46-28-18-24(36)17-27(37)26(28)21-44-20-25-19-29-38-23(4)30(31(33(42)43)47-34(5,6)7)32(41(29)39-25)40-14-12-35(8,13-15-40)45-16-10-2/h9-10,17-19,22,31H,1-2,11-16,20-21H2,3-8H3,(H,42,43)/t22-,31-/m0/s1. The number of aryl methyl sites for hydroxylation is 1. The summed E-state index contributed by atoms with van der Waals surface area (Å²) in [4.78, 5) is 19.5. The number of hydrogen-bond acceptors (Lipinski definition) is 8. The van der Waals surface area contributed by atoms with Crippen LogP contribution >= 0.6 is 0 Å². The van der Waals surface area contributed by atoms with Crippen molar-refractivity contribution in [2.45, 2.75) is 97.4 Å². The lowest BCUT2D eigenvalue weighted by Gasteiger charge is -2.41. The Morgan fingerprint density at radius 2 is 1.85 bits per heavy atom. The lowest BCUT2D eigenvalue weighted by molar-refractivity contribution is -0.160. The predicted octanol–water partition coefficient (Wildman–Crippen LogP) is 6.88. The van der Waals surface area contributed by atoms with Crippen LogP contribution in [0.3, 0.4) is 0 Å². The van der Waals surface area contributed by atoms with Crippen LogP contribution in [0.25, 0.3) is 5.65 Å². The largest absolute Gasteiger partial charge is 0.490 e. The average Bonchev–Trinajstić information content (AvgIpc) is 3.38. The van der Waals surface area contributed by atoms with E-state index in [9.17, 15) is 18.7 Å². The summed E-state index contributed by atoms with van der Waals surface area (Å²) in [5.41, 5.74) is 0.857. The molecule has 10 nitrogen and oxygen atoms in total. The summed E-state index contributed by atoms with van der Waals surface area (Å²) in [6, 6.07) is 3.67. The molecule has 0 saturated carbocycles. The number of aliphatic carboxylic acids is 1. The minimum absolute atomic E-state index is 0.0238.